The van der Waals surface area contributed by atoms with E-state index < -0.39 is 0 Å². The predicted molar refractivity (Wildman–Crippen MR) is 106 cm³/mol. The average molecular weight is 378 g/mol. The zero-order valence-electron chi connectivity index (χ0n) is 15.9. The number of aromatic nitrogens is 2. The smallest absolute Gasteiger partial charge is 0.228 e. The number of carbonyl (C=O) groups excluding carboxylic acids is 2. The van der Waals surface area contributed by atoms with E-state index in [4.69, 9.17) is 4.74 Å². The Labute approximate surface area is 162 Å². The number of methoxy groups -OCH3 is 1. The highest BCUT2D eigenvalue weighted by molar-refractivity contribution is 6.00. The van der Waals surface area contributed by atoms with Gasteiger partial charge in [0.15, 0.2) is 0 Å². The van der Waals surface area contributed by atoms with Gasteiger partial charge < -0.3 is 19.5 Å². The topological polar surface area (TPSA) is 78.5 Å². The molecule has 0 saturated carbocycles. The van der Waals surface area contributed by atoms with Gasteiger partial charge in [-0.3, -0.25) is 9.59 Å². The number of nitrogens with zero attached hydrogens (tertiary/aromatic N) is 3. The number of para-hydroxylation sites is 2. The molecule has 1 fully saturated rings. The highest BCUT2D eigenvalue weighted by atomic mass is 16.5. The first-order valence-electron chi connectivity index (χ1n) is 9.18. The summed E-state index contributed by atoms with van der Waals surface area (Å²) in [6.45, 7) is 0.743. The molecular formula is C21H22N4O3. The third kappa shape index (κ3) is 3.43. The lowest BCUT2D eigenvalue weighted by Crippen LogP contribution is -2.34. The molecule has 0 bridgehead atoms. The van der Waals surface area contributed by atoms with Gasteiger partial charge in [0.05, 0.1) is 30.6 Å². The summed E-state index contributed by atoms with van der Waals surface area (Å²) >= 11 is 0. The molecule has 1 aliphatic rings. The Balaban J connectivity index is 1.44. The van der Waals surface area contributed by atoms with E-state index in [2.05, 4.69) is 9.97 Å². The van der Waals surface area contributed by atoms with E-state index in [1.807, 2.05) is 48.5 Å². The van der Waals surface area contributed by atoms with E-state index in [-0.39, 0.29) is 24.2 Å². The van der Waals surface area contributed by atoms with Gasteiger partial charge in [-0.15, -0.1) is 0 Å². The second-order valence-electron chi connectivity index (χ2n) is 7.00. The van der Waals surface area contributed by atoms with Gasteiger partial charge in [0.2, 0.25) is 11.8 Å². The normalized spacial score (nSPS) is 16.6. The number of amides is 2. The molecule has 1 saturated heterocycles. The fourth-order valence-corrected chi connectivity index (χ4v) is 3.60. The van der Waals surface area contributed by atoms with Crippen molar-refractivity contribution < 1.29 is 14.3 Å². The standard InChI is InChI=1S/C21H22N4O3/c1-24(13-19-22-17-8-3-4-9-18(17)23-19)21(27)14-10-20(26)25(12-14)15-6-5-7-16(11-15)28-2/h3-9,11,14H,10,12-13H2,1-2H3,(H,22,23). The van der Waals surface area contributed by atoms with Crippen molar-refractivity contribution in [2.45, 2.75) is 13.0 Å². The van der Waals surface area contributed by atoms with Gasteiger partial charge in [-0.05, 0) is 24.3 Å². The number of hydrogen-bond acceptors (Lipinski definition) is 4. The average Bonchev–Trinajstić information content (AvgIpc) is 3.30. The van der Waals surface area contributed by atoms with Crippen molar-refractivity contribution in [3.8, 4) is 5.75 Å². The van der Waals surface area contributed by atoms with Gasteiger partial charge in [-0.25, -0.2) is 4.98 Å². The minimum atomic E-state index is -0.368. The summed E-state index contributed by atoms with van der Waals surface area (Å²) in [4.78, 5) is 36.4. The van der Waals surface area contributed by atoms with Crippen molar-refractivity contribution in [2.75, 3.05) is 25.6 Å². The Morgan fingerprint density at radius 1 is 1.29 bits per heavy atom. The van der Waals surface area contributed by atoms with Crippen molar-refractivity contribution in [3.05, 3.63) is 54.4 Å². The molecule has 0 radical (unpaired) electrons. The predicted octanol–water partition coefficient (Wildman–Crippen LogP) is 2.58. The van der Waals surface area contributed by atoms with E-state index in [1.54, 1.807) is 24.0 Å². The van der Waals surface area contributed by atoms with Crippen molar-refractivity contribution in [1.82, 2.24) is 14.9 Å². The van der Waals surface area contributed by atoms with Crippen molar-refractivity contribution >= 4 is 28.5 Å². The number of rotatable bonds is 5. The third-order valence-electron chi connectivity index (χ3n) is 5.04. The van der Waals surface area contributed by atoms with Crippen LogP contribution < -0.4 is 9.64 Å². The summed E-state index contributed by atoms with van der Waals surface area (Å²) in [5.74, 6) is 0.934. The second-order valence-corrected chi connectivity index (χ2v) is 7.00. The Hall–Kier alpha value is -3.35. The van der Waals surface area contributed by atoms with Gasteiger partial charge in [0.25, 0.3) is 0 Å². The SMILES string of the molecule is COc1cccc(N2CC(C(=O)N(C)Cc3nc4ccccc4[nH]3)CC2=O)c1. The molecule has 144 valence electrons. The Kier molecular flexibility index (Phi) is 4.73. The van der Waals surface area contributed by atoms with Crippen LogP contribution in [0, 0.1) is 5.92 Å². The van der Waals surface area contributed by atoms with Crippen LogP contribution in [0.15, 0.2) is 48.5 Å². The molecule has 1 aliphatic heterocycles. The van der Waals surface area contributed by atoms with Crippen LogP contribution in [-0.4, -0.2) is 47.4 Å². The van der Waals surface area contributed by atoms with Crippen LogP contribution in [0.3, 0.4) is 0 Å². The molecule has 7 nitrogen and oxygen atoms in total. The second kappa shape index (κ2) is 7.34. The Morgan fingerprint density at radius 2 is 2.11 bits per heavy atom. The van der Waals surface area contributed by atoms with Gasteiger partial charge in [0.1, 0.15) is 11.6 Å². The number of ether oxygens (including phenoxy) is 1. The van der Waals surface area contributed by atoms with Crippen molar-refractivity contribution in [2.24, 2.45) is 5.92 Å². The molecule has 7 heteroatoms. The Morgan fingerprint density at radius 3 is 2.89 bits per heavy atom. The van der Waals surface area contributed by atoms with Gasteiger partial charge in [-0.1, -0.05) is 18.2 Å². The zero-order valence-corrected chi connectivity index (χ0v) is 15.9. The van der Waals surface area contributed by atoms with E-state index in [9.17, 15) is 9.59 Å². The molecule has 2 heterocycles. The van der Waals surface area contributed by atoms with E-state index in [1.165, 1.54) is 0 Å². The Bertz CT molecular complexity index is 996. The summed E-state index contributed by atoms with van der Waals surface area (Å²) < 4.78 is 5.23. The quantitative estimate of drug-likeness (QED) is 0.740. The molecular weight excluding hydrogens is 356 g/mol. The van der Waals surface area contributed by atoms with Crippen LogP contribution in [0.4, 0.5) is 5.69 Å². The first kappa shape index (κ1) is 18.0. The molecule has 3 aromatic rings. The lowest BCUT2D eigenvalue weighted by atomic mass is 10.1. The van der Waals surface area contributed by atoms with Crippen LogP contribution in [0.2, 0.25) is 0 Å². The highest BCUT2D eigenvalue weighted by Gasteiger charge is 2.36. The number of imidazole rings is 1. The largest absolute Gasteiger partial charge is 0.497 e. The van der Waals surface area contributed by atoms with Gasteiger partial charge in [0, 0.05) is 31.8 Å². The molecule has 1 N–H and O–H groups in total. The fourth-order valence-electron chi connectivity index (χ4n) is 3.60. The maximum atomic E-state index is 12.9. The minimum absolute atomic E-state index is 0.0521. The number of nitrogens with one attached hydrogen (secondary N) is 1. The molecule has 2 aromatic carbocycles. The minimum Gasteiger partial charge on any atom is -0.497 e. The summed E-state index contributed by atoms with van der Waals surface area (Å²) in [6.07, 6.45) is 0.209. The molecule has 28 heavy (non-hydrogen) atoms. The number of anilines is 1. The molecule has 0 spiro atoms. The summed E-state index contributed by atoms with van der Waals surface area (Å²) in [6, 6.07) is 15.1. The van der Waals surface area contributed by atoms with Crippen LogP contribution in [0.25, 0.3) is 11.0 Å². The number of hydrogen-bond donors (Lipinski definition) is 1. The maximum Gasteiger partial charge on any atom is 0.228 e. The molecule has 1 unspecified atom stereocenters. The number of H-pyrrole nitrogens is 1. The lowest BCUT2D eigenvalue weighted by molar-refractivity contribution is -0.135. The van der Waals surface area contributed by atoms with Crippen LogP contribution in [0.5, 0.6) is 5.75 Å². The molecule has 4 rings (SSSR count). The molecule has 1 aromatic heterocycles. The third-order valence-corrected chi connectivity index (χ3v) is 5.04. The first-order chi connectivity index (χ1) is 13.5. The number of fused-ring (bicyclic) bond motifs is 1. The maximum absolute atomic E-state index is 12.9. The van der Waals surface area contributed by atoms with E-state index >= 15 is 0 Å². The highest BCUT2D eigenvalue weighted by Crippen LogP contribution is 2.28. The summed E-state index contributed by atoms with van der Waals surface area (Å²) in [5, 5.41) is 0. The molecule has 1 atom stereocenters. The van der Waals surface area contributed by atoms with Crippen molar-refractivity contribution in [3.63, 3.8) is 0 Å². The number of carbonyl (C=O) groups is 2. The lowest BCUT2D eigenvalue weighted by Gasteiger charge is -2.21. The van der Waals surface area contributed by atoms with Crippen LogP contribution in [0.1, 0.15) is 12.2 Å². The number of benzene rings is 2. The van der Waals surface area contributed by atoms with Crippen LogP contribution in [-0.2, 0) is 16.1 Å². The summed E-state index contributed by atoms with van der Waals surface area (Å²) in [7, 11) is 3.33. The fraction of sp³-hybridized carbons (Fsp3) is 0.286. The first-order valence-corrected chi connectivity index (χ1v) is 9.18. The van der Waals surface area contributed by atoms with E-state index in [0.29, 0.717) is 18.8 Å². The zero-order chi connectivity index (χ0) is 19.7. The molecule has 2 amide bonds. The number of aromatic amines is 1. The van der Waals surface area contributed by atoms with Crippen LogP contribution >= 0.6 is 0 Å². The van der Waals surface area contributed by atoms with Gasteiger partial charge in [-0.2, -0.15) is 0 Å². The monoisotopic (exact) mass is 378 g/mol. The summed E-state index contributed by atoms with van der Waals surface area (Å²) in [5.41, 5.74) is 2.57. The van der Waals surface area contributed by atoms with Crippen molar-refractivity contribution in [1.29, 1.82) is 0 Å². The van der Waals surface area contributed by atoms with E-state index in [0.717, 1.165) is 22.5 Å². The molecule has 0 aliphatic carbocycles. The van der Waals surface area contributed by atoms with Gasteiger partial charge >= 0.3 is 0 Å².